The third-order valence-corrected chi connectivity index (χ3v) is 5.04. The molecule has 2 N–H and O–H groups in total. The van der Waals surface area contributed by atoms with E-state index in [-0.39, 0.29) is 24.3 Å². The SMILES string of the molecule is CC(C)CC1CN2CCc3cc(O)c(CO)cc3C2CC1=O. The van der Waals surface area contributed by atoms with Crippen LogP contribution in [0.3, 0.4) is 0 Å². The number of carbonyl (C=O) groups excluding carboxylic acids is 1. The topological polar surface area (TPSA) is 60.8 Å². The van der Waals surface area contributed by atoms with Gasteiger partial charge in [0.15, 0.2) is 0 Å². The molecule has 3 rings (SSSR count). The second-order valence-electron chi connectivity index (χ2n) is 7.10. The van der Waals surface area contributed by atoms with Crippen molar-refractivity contribution in [2.75, 3.05) is 13.1 Å². The maximum absolute atomic E-state index is 12.5. The summed E-state index contributed by atoms with van der Waals surface area (Å²) in [4.78, 5) is 14.9. The molecule has 1 saturated heterocycles. The second kappa shape index (κ2) is 6.01. The first-order chi connectivity index (χ1) is 10.5. The number of fused-ring (bicyclic) bond motifs is 3. The van der Waals surface area contributed by atoms with E-state index < -0.39 is 0 Å². The lowest BCUT2D eigenvalue weighted by molar-refractivity contribution is -0.129. The van der Waals surface area contributed by atoms with Gasteiger partial charge in [-0.3, -0.25) is 9.69 Å². The molecule has 0 saturated carbocycles. The van der Waals surface area contributed by atoms with Crippen molar-refractivity contribution in [2.45, 2.75) is 45.8 Å². The van der Waals surface area contributed by atoms with Gasteiger partial charge in [0, 0.05) is 37.0 Å². The van der Waals surface area contributed by atoms with E-state index in [0.29, 0.717) is 23.7 Å². The van der Waals surface area contributed by atoms with Crippen LogP contribution >= 0.6 is 0 Å². The summed E-state index contributed by atoms with van der Waals surface area (Å²) in [6.45, 7) is 5.95. The maximum atomic E-state index is 12.5. The number of benzene rings is 1. The van der Waals surface area contributed by atoms with E-state index in [1.807, 2.05) is 6.07 Å². The molecule has 0 spiro atoms. The summed E-state index contributed by atoms with van der Waals surface area (Å²) >= 11 is 0. The number of phenols is 1. The van der Waals surface area contributed by atoms with Gasteiger partial charge in [-0.15, -0.1) is 0 Å². The fourth-order valence-corrected chi connectivity index (χ4v) is 3.94. The molecule has 4 nitrogen and oxygen atoms in total. The molecule has 0 aromatic heterocycles. The lowest BCUT2D eigenvalue weighted by atomic mass is 9.79. The predicted molar refractivity (Wildman–Crippen MR) is 84.6 cm³/mol. The van der Waals surface area contributed by atoms with Crippen LogP contribution in [0.1, 0.15) is 49.4 Å². The van der Waals surface area contributed by atoms with Gasteiger partial charge < -0.3 is 10.2 Å². The minimum atomic E-state index is -0.171. The Bertz CT molecular complexity index is 582. The van der Waals surface area contributed by atoms with Crippen molar-refractivity contribution in [3.05, 3.63) is 28.8 Å². The Labute approximate surface area is 131 Å². The van der Waals surface area contributed by atoms with Crippen LogP contribution in [0.2, 0.25) is 0 Å². The number of ketones is 1. The molecule has 2 heterocycles. The van der Waals surface area contributed by atoms with Gasteiger partial charge in [-0.25, -0.2) is 0 Å². The smallest absolute Gasteiger partial charge is 0.139 e. The van der Waals surface area contributed by atoms with Crippen LogP contribution in [0, 0.1) is 11.8 Å². The van der Waals surface area contributed by atoms with E-state index in [9.17, 15) is 15.0 Å². The van der Waals surface area contributed by atoms with Gasteiger partial charge in [0.2, 0.25) is 0 Å². The largest absolute Gasteiger partial charge is 0.508 e. The number of piperidine rings is 1. The number of aliphatic hydroxyl groups is 1. The van der Waals surface area contributed by atoms with Crippen molar-refractivity contribution in [3.63, 3.8) is 0 Å². The normalized spacial score (nSPS) is 25.2. The van der Waals surface area contributed by atoms with Crippen LogP contribution < -0.4 is 0 Å². The Morgan fingerprint density at radius 1 is 1.36 bits per heavy atom. The van der Waals surface area contributed by atoms with E-state index >= 15 is 0 Å². The summed E-state index contributed by atoms with van der Waals surface area (Å²) < 4.78 is 0. The van der Waals surface area contributed by atoms with Crippen molar-refractivity contribution >= 4 is 5.78 Å². The standard InChI is InChI=1S/C18H25NO3/c1-11(2)5-13-9-19-4-3-12-7-17(21)14(10-20)6-15(12)16(19)8-18(13)22/h6-7,11,13,16,20-21H,3-5,8-10H2,1-2H3. The van der Waals surface area contributed by atoms with E-state index in [2.05, 4.69) is 18.7 Å². The average Bonchev–Trinajstić information content (AvgIpc) is 2.47. The van der Waals surface area contributed by atoms with Crippen LogP contribution in [-0.2, 0) is 17.8 Å². The van der Waals surface area contributed by atoms with E-state index in [1.54, 1.807) is 6.07 Å². The highest BCUT2D eigenvalue weighted by molar-refractivity contribution is 5.83. The van der Waals surface area contributed by atoms with Crippen LogP contribution in [0.15, 0.2) is 12.1 Å². The van der Waals surface area contributed by atoms with Crippen molar-refractivity contribution in [3.8, 4) is 5.75 Å². The van der Waals surface area contributed by atoms with Gasteiger partial charge in [-0.1, -0.05) is 13.8 Å². The molecule has 0 aliphatic carbocycles. The summed E-state index contributed by atoms with van der Waals surface area (Å²) in [7, 11) is 0. The molecule has 120 valence electrons. The van der Waals surface area contributed by atoms with Gasteiger partial charge >= 0.3 is 0 Å². The number of aromatic hydroxyl groups is 1. The highest BCUT2D eigenvalue weighted by Crippen LogP contribution is 2.40. The van der Waals surface area contributed by atoms with Crippen LogP contribution in [0.4, 0.5) is 0 Å². The van der Waals surface area contributed by atoms with E-state index in [0.717, 1.165) is 37.1 Å². The third-order valence-electron chi connectivity index (χ3n) is 5.04. The first-order valence-corrected chi connectivity index (χ1v) is 8.22. The maximum Gasteiger partial charge on any atom is 0.139 e. The molecule has 0 radical (unpaired) electrons. The first-order valence-electron chi connectivity index (χ1n) is 8.22. The first kappa shape index (κ1) is 15.5. The summed E-state index contributed by atoms with van der Waals surface area (Å²) in [6, 6.07) is 3.77. The highest BCUT2D eigenvalue weighted by Gasteiger charge is 2.38. The minimum Gasteiger partial charge on any atom is -0.508 e. The van der Waals surface area contributed by atoms with E-state index in [1.165, 1.54) is 0 Å². The Morgan fingerprint density at radius 2 is 2.14 bits per heavy atom. The Morgan fingerprint density at radius 3 is 2.82 bits per heavy atom. The molecule has 1 aromatic carbocycles. The summed E-state index contributed by atoms with van der Waals surface area (Å²) in [6.07, 6.45) is 2.42. The van der Waals surface area contributed by atoms with Crippen molar-refractivity contribution in [1.82, 2.24) is 4.90 Å². The molecule has 2 unspecified atom stereocenters. The van der Waals surface area contributed by atoms with Gasteiger partial charge in [0.1, 0.15) is 11.5 Å². The number of rotatable bonds is 3. The minimum absolute atomic E-state index is 0.116. The zero-order valence-corrected chi connectivity index (χ0v) is 13.4. The predicted octanol–water partition coefficient (Wildman–Crippen LogP) is 2.42. The van der Waals surface area contributed by atoms with Crippen LogP contribution in [0.25, 0.3) is 0 Å². The quantitative estimate of drug-likeness (QED) is 0.900. The van der Waals surface area contributed by atoms with Gasteiger partial charge in [0.05, 0.1) is 6.61 Å². The summed E-state index contributed by atoms with van der Waals surface area (Å²) in [5, 5.41) is 19.3. The Balaban J connectivity index is 1.88. The average molecular weight is 303 g/mol. The number of hydrogen-bond donors (Lipinski definition) is 2. The zero-order chi connectivity index (χ0) is 15.9. The summed E-state index contributed by atoms with van der Waals surface area (Å²) in [5.41, 5.74) is 2.79. The molecule has 2 aliphatic rings. The van der Waals surface area contributed by atoms with Crippen molar-refractivity contribution < 1.29 is 15.0 Å². The second-order valence-corrected chi connectivity index (χ2v) is 7.10. The fraction of sp³-hybridized carbons (Fsp3) is 0.611. The number of nitrogens with zero attached hydrogens (tertiary/aromatic N) is 1. The molecular weight excluding hydrogens is 278 g/mol. The van der Waals surface area contributed by atoms with E-state index in [4.69, 9.17) is 0 Å². The third kappa shape index (κ3) is 2.77. The lowest BCUT2D eigenvalue weighted by Crippen LogP contribution is -2.46. The monoisotopic (exact) mass is 303 g/mol. The Hall–Kier alpha value is -1.39. The molecule has 0 amide bonds. The number of aliphatic hydroxyl groups excluding tert-OH is 1. The molecular formula is C18H25NO3. The molecule has 0 bridgehead atoms. The lowest BCUT2D eigenvalue weighted by Gasteiger charge is -2.43. The van der Waals surface area contributed by atoms with Crippen LogP contribution in [0.5, 0.6) is 5.75 Å². The molecule has 1 aromatic rings. The zero-order valence-electron chi connectivity index (χ0n) is 13.4. The Kier molecular flexibility index (Phi) is 4.24. The molecule has 1 fully saturated rings. The number of hydrogen-bond acceptors (Lipinski definition) is 4. The molecule has 2 atom stereocenters. The van der Waals surface area contributed by atoms with Gasteiger partial charge in [-0.05, 0) is 42.0 Å². The van der Waals surface area contributed by atoms with Crippen molar-refractivity contribution in [2.24, 2.45) is 11.8 Å². The van der Waals surface area contributed by atoms with Crippen LogP contribution in [-0.4, -0.2) is 34.0 Å². The van der Waals surface area contributed by atoms with Gasteiger partial charge in [0.25, 0.3) is 0 Å². The molecule has 2 aliphatic heterocycles. The van der Waals surface area contributed by atoms with Crippen molar-refractivity contribution in [1.29, 1.82) is 0 Å². The van der Waals surface area contributed by atoms with Gasteiger partial charge in [-0.2, -0.15) is 0 Å². The molecule has 4 heteroatoms. The summed E-state index contributed by atoms with van der Waals surface area (Å²) in [5.74, 6) is 1.23. The number of Topliss-reactive ketones (excluding diaryl/α,β-unsaturated/α-hetero) is 1. The fourth-order valence-electron chi connectivity index (χ4n) is 3.94. The molecule has 22 heavy (non-hydrogen) atoms. The number of carbonyl (C=O) groups is 1. The highest BCUT2D eigenvalue weighted by atomic mass is 16.3.